The number of alkyl halides is 14. The molecule has 1 saturated heterocycles. The van der Waals surface area contributed by atoms with Crippen molar-refractivity contribution in [2.45, 2.75) is 74.9 Å². The zero-order valence-corrected chi connectivity index (χ0v) is 44.2. The van der Waals surface area contributed by atoms with E-state index < -0.39 is 97.5 Å². The minimum atomic E-state index is -6.33. The summed E-state index contributed by atoms with van der Waals surface area (Å²) in [5, 5.41) is 22.6. The van der Waals surface area contributed by atoms with Crippen LogP contribution in [0.25, 0.3) is 21.8 Å². The molecule has 7 rings (SSSR count). The summed E-state index contributed by atoms with van der Waals surface area (Å²) in [6.45, 7) is 7.26. The molecule has 6 aromatic rings. The van der Waals surface area contributed by atoms with Crippen LogP contribution >= 0.6 is 108 Å². The maximum Gasteiger partial charge on any atom is 0.498 e. The van der Waals surface area contributed by atoms with E-state index in [1.807, 2.05) is 27.7 Å². The van der Waals surface area contributed by atoms with Gasteiger partial charge in [-0.05, 0) is 80.0 Å². The molecular formula is C40H24BBrCl6F14N4O6S2. The quantitative estimate of drug-likeness (QED) is 0.114. The van der Waals surface area contributed by atoms with Crippen molar-refractivity contribution >= 4 is 133 Å². The van der Waals surface area contributed by atoms with E-state index in [0.29, 0.717) is 20.2 Å². The van der Waals surface area contributed by atoms with Gasteiger partial charge in [0, 0.05) is 45.6 Å². The van der Waals surface area contributed by atoms with E-state index in [2.05, 4.69) is 26.1 Å². The number of benzene rings is 2. The fraction of sp³-hybridized carbons (Fsp3) is 0.300. The van der Waals surface area contributed by atoms with Gasteiger partial charge >= 0.3 is 55.1 Å². The molecule has 402 valence electrons. The predicted molar refractivity (Wildman–Crippen MR) is 252 cm³/mol. The minimum absolute atomic E-state index is 0.0285. The number of hydrogen-bond donors (Lipinski definition) is 2. The SMILES string of the molecule is CC1(C)OB(c2cnn(-c3c(Cl)cc(C(F)(C(F)(F)F)C(F)(F)F)cc3Cl)c2)OC1(C)C.O=C(O)c1cc(-c2cnn(-c3c(Cl)cc(C(F)(C(F)(F)F)C(F)(F)F)cc3Cl)c2)sc1Cl.O=C(O)c1cc(Br)sc1Cl. The summed E-state index contributed by atoms with van der Waals surface area (Å²) in [7, 11) is -0.848. The van der Waals surface area contributed by atoms with Gasteiger partial charge in [0.15, 0.2) is 0 Å². The van der Waals surface area contributed by atoms with Crippen LogP contribution in [0.1, 0.15) is 59.5 Å². The summed E-state index contributed by atoms with van der Waals surface area (Å²) in [5.41, 5.74) is -16.3. The highest BCUT2D eigenvalue weighted by atomic mass is 79.9. The molecule has 0 saturated carbocycles. The Kier molecular flexibility index (Phi) is 17.7. The number of aromatic carboxylic acids is 2. The van der Waals surface area contributed by atoms with Gasteiger partial charge < -0.3 is 19.5 Å². The third kappa shape index (κ3) is 11.9. The van der Waals surface area contributed by atoms with Crippen molar-refractivity contribution in [3.05, 3.63) is 116 Å². The Morgan fingerprint density at radius 3 is 1.26 bits per heavy atom. The molecule has 0 atom stereocenters. The fourth-order valence-electron chi connectivity index (χ4n) is 6.22. The number of hydrogen-bond acceptors (Lipinski definition) is 8. The van der Waals surface area contributed by atoms with Gasteiger partial charge in [-0.1, -0.05) is 69.6 Å². The Bertz CT molecular complexity index is 3020. The second-order valence-corrected chi connectivity index (χ2v) is 22.3. The molecule has 10 nitrogen and oxygen atoms in total. The lowest BCUT2D eigenvalue weighted by Crippen LogP contribution is -2.50. The Morgan fingerprint density at radius 1 is 0.581 bits per heavy atom. The Morgan fingerprint density at radius 2 is 0.932 bits per heavy atom. The number of rotatable bonds is 8. The minimum Gasteiger partial charge on any atom is -0.478 e. The first-order valence-corrected chi connectivity index (χ1v) is 24.0. The second kappa shape index (κ2) is 21.3. The van der Waals surface area contributed by atoms with Gasteiger partial charge in [0.25, 0.3) is 0 Å². The van der Waals surface area contributed by atoms with Crippen molar-refractivity contribution in [2.75, 3.05) is 0 Å². The normalized spacial score (nSPS) is 15.1. The average molecular weight is 1290 g/mol. The first-order chi connectivity index (χ1) is 33.5. The summed E-state index contributed by atoms with van der Waals surface area (Å²) < 4.78 is 200. The van der Waals surface area contributed by atoms with E-state index >= 15 is 0 Å². The smallest absolute Gasteiger partial charge is 0.478 e. The van der Waals surface area contributed by atoms with Crippen molar-refractivity contribution in [3.8, 4) is 21.8 Å². The zero-order chi connectivity index (χ0) is 56.4. The van der Waals surface area contributed by atoms with Gasteiger partial charge in [-0.3, -0.25) is 0 Å². The first kappa shape index (κ1) is 61.3. The molecule has 4 aromatic heterocycles. The zero-order valence-electron chi connectivity index (χ0n) is 36.4. The lowest BCUT2D eigenvalue weighted by molar-refractivity contribution is -0.349. The van der Waals surface area contributed by atoms with Crippen LogP contribution in [-0.2, 0) is 20.6 Å². The molecule has 0 spiro atoms. The maximum atomic E-state index is 14.4. The Balaban J connectivity index is 0.000000231. The summed E-state index contributed by atoms with van der Waals surface area (Å²) in [6.07, 6.45) is -20.2. The van der Waals surface area contributed by atoms with E-state index in [9.17, 15) is 71.1 Å². The molecule has 1 fully saturated rings. The highest BCUT2D eigenvalue weighted by molar-refractivity contribution is 9.11. The van der Waals surface area contributed by atoms with Crippen LogP contribution in [0.4, 0.5) is 61.5 Å². The van der Waals surface area contributed by atoms with Crippen LogP contribution in [0.2, 0.25) is 28.8 Å². The largest absolute Gasteiger partial charge is 0.498 e. The van der Waals surface area contributed by atoms with E-state index in [-0.39, 0.29) is 51.1 Å². The van der Waals surface area contributed by atoms with E-state index in [1.165, 1.54) is 48.3 Å². The molecule has 1 aliphatic rings. The molecule has 2 N–H and O–H groups in total. The number of halogens is 21. The van der Waals surface area contributed by atoms with Crippen molar-refractivity contribution in [3.63, 3.8) is 0 Å². The summed E-state index contributed by atoms with van der Waals surface area (Å²) in [6, 6.07) is 3.49. The molecule has 74 heavy (non-hydrogen) atoms. The number of aromatic nitrogens is 4. The first-order valence-electron chi connectivity index (χ1n) is 19.3. The molecule has 2 aromatic carbocycles. The molecule has 0 amide bonds. The van der Waals surface area contributed by atoms with Crippen LogP contribution in [0, 0.1) is 0 Å². The topological polar surface area (TPSA) is 129 Å². The summed E-state index contributed by atoms with van der Waals surface area (Å²) in [4.78, 5) is 21.8. The summed E-state index contributed by atoms with van der Waals surface area (Å²) in [5.74, 6) is -2.28. The van der Waals surface area contributed by atoms with Crippen LogP contribution < -0.4 is 5.46 Å². The Hall–Kier alpha value is -3.58. The number of nitrogens with zero attached hydrogens (tertiary/aromatic N) is 4. The molecule has 0 unspecified atom stereocenters. The number of carboxylic acids is 2. The molecule has 0 radical (unpaired) electrons. The molecule has 34 heteroatoms. The van der Waals surface area contributed by atoms with Gasteiger partial charge in [0.1, 0.15) is 20.0 Å². The van der Waals surface area contributed by atoms with Crippen LogP contribution in [0.3, 0.4) is 0 Å². The van der Waals surface area contributed by atoms with Gasteiger partial charge in [-0.25, -0.2) is 27.7 Å². The Labute approximate surface area is 452 Å². The molecular weight excluding hydrogens is 1270 g/mol. The number of thiophene rings is 2. The lowest BCUT2D eigenvalue weighted by Gasteiger charge is -2.32. The van der Waals surface area contributed by atoms with Crippen LogP contribution in [0.5, 0.6) is 0 Å². The van der Waals surface area contributed by atoms with Gasteiger partial charge in [-0.2, -0.15) is 62.9 Å². The predicted octanol–water partition coefficient (Wildman–Crippen LogP) is 16.2. The van der Waals surface area contributed by atoms with Crippen molar-refractivity contribution in [2.24, 2.45) is 0 Å². The van der Waals surface area contributed by atoms with Crippen LogP contribution in [-0.4, -0.2) is 84.7 Å². The van der Waals surface area contributed by atoms with Crippen molar-refractivity contribution < 1.29 is 90.6 Å². The lowest BCUT2D eigenvalue weighted by atomic mass is 9.82. The second-order valence-electron chi connectivity index (χ2n) is 16.0. The molecule has 5 heterocycles. The third-order valence-electron chi connectivity index (χ3n) is 10.6. The highest BCUT2D eigenvalue weighted by Crippen LogP contribution is 2.56. The van der Waals surface area contributed by atoms with Gasteiger partial charge in [0.2, 0.25) is 0 Å². The number of carbonyl (C=O) groups is 2. The third-order valence-corrected chi connectivity index (χ3v) is 15.1. The molecule has 0 bridgehead atoms. The molecule has 0 aliphatic carbocycles. The van der Waals surface area contributed by atoms with E-state index in [0.717, 1.165) is 24.5 Å². The van der Waals surface area contributed by atoms with Crippen LogP contribution in [0.15, 0.2) is 65.0 Å². The average Bonchev–Trinajstić information content (AvgIpc) is 4.07. The fourth-order valence-corrected chi connectivity index (χ4v) is 10.8. The summed E-state index contributed by atoms with van der Waals surface area (Å²) >= 11 is 40.2. The highest BCUT2D eigenvalue weighted by Gasteiger charge is 2.74. The standard InChI is InChI=1S/C18H16BCl2F7N2O2.C17H6Cl3F7N2O2S.C5H2BrClO2S/c1-14(2)15(3,4)32-19(31-14)10-7-29-30(8-10)13-11(20)5-9(6-12(13)21)16(22,17(23,24)25)18(26,27)28;18-9-1-7(15(21,16(22,23)24)17(25,26)27)2-10(19)12(9)29-5-6(4-28-29)11-3-8(14(30)31)13(20)32-11;6-3-1-2(5(8)9)4(7)10-3/h5-8H,1-4H3;1-5H,(H,30,31);1H,(H,8,9). The van der Waals surface area contributed by atoms with Gasteiger partial charge in [0.05, 0.1) is 52.4 Å². The van der Waals surface area contributed by atoms with Crippen molar-refractivity contribution in [1.82, 2.24) is 19.6 Å². The van der Waals surface area contributed by atoms with Gasteiger partial charge in [-0.15, -0.1) is 22.7 Å². The van der Waals surface area contributed by atoms with E-state index in [1.54, 1.807) is 0 Å². The van der Waals surface area contributed by atoms with E-state index in [4.69, 9.17) is 89.1 Å². The number of carboxylic acid groups (broad SMARTS) is 2. The van der Waals surface area contributed by atoms with Crippen molar-refractivity contribution in [1.29, 1.82) is 0 Å². The molecule has 1 aliphatic heterocycles. The maximum absolute atomic E-state index is 14.4. The monoisotopic (exact) mass is 1290 g/mol.